The van der Waals surface area contributed by atoms with E-state index in [0.29, 0.717) is 22.1 Å². The zero-order valence-electron chi connectivity index (χ0n) is 10.1. The van der Waals surface area contributed by atoms with Crippen molar-refractivity contribution >= 4 is 40.3 Å². The van der Waals surface area contributed by atoms with Gasteiger partial charge in [0.25, 0.3) is 0 Å². The molecule has 96 valence electrons. The van der Waals surface area contributed by atoms with Crippen LogP contribution in [0.3, 0.4) is 0 Å². The number of nitrogen functional groups attached to an aromatic ring is 2. The van der Waals surface area contributed by atoms with Crippen LogP contribution in [0.2, 0.25) is 5.02 Å². The van der Waals surface area contributed by atoms with Gasteiger partial charge in [-0.25, -0.2) is 0 Å². The number of hydrogen-bond donors (Lipinski definition) is 2. The number of benzene rings is 1. The van der Waals surface area contributed by atoms with Crippen molar-refractivity contribution in [2.45, 2.75) is 18.9 Å². The number of hydrogen-bond acceptors (Lipinski definition) is 4. The van der Waals surface area contributed by atoms with Crippen molar-refractivity contribution in [2.75, 3.05) is 34.9 Å². The molecular formula is C12H15ClN4O. The lowest BCUT2D eigenvalue weighted by Gasteiger charge is -2.39. The van der Waals surface area contributed by atoms with Gasteiger partial charge in [-0.05, 0) is 18.9 Å². The summed E-state index contributed by atoms with van der Waals surface area (Å²) >= 11 is 6.28. The standard InChI is InChI=1S/C12H15ClN4O/c1-16-11-9(15)7(14)5-6(13)10(11)17-4-2-3-8(17)12(16)18/h5,8H,2-4,14-15H2,1H3. The Morgan fingerprint density at radius 2 is 2.11 bits per heavy atom. The smallest absolute Gasteiger partial charge is 0.249 e. The van der Waals surface area contributed by atoms with E-state index in [1.54, 1.807) is 18.0 Å². The molecule has 6 heteroatoms. The van der Waals surface area contributed by atoms with E-state index in [0.717, 1.165) is 25.1 Å². The van der Waals surface area contributed by atoms with Gasteiger partial charge in [0, 0.05) is 13.6 Å². The molecule has 1 saturated heterocycles. The van der Waals surface area contributed by atoms with Crippen molar-refractivity contribution in [1.29, 1.82) is 0 Å². The Balaban J connectivity index is 2.29. The van der Waals surface area contributed by atoms with Gasteiger partial charge in [0.15, 0.2) is 0 Å². The summed E-state index contributed by atoms with van der Waals surface area (Å²) in [7, 11) is 1.73. The highest BCUT2D eigenvalue weighted by Crippen LogP contribution is 2.49. The molecule has 1 unspecified atom stereocenters. The second-order valence-electron chi connectivity index (χ2n) is 4.81. The monoisotopic (exact) mass is 266 g/mol. The second-order valence-corrected chi connectivity index (χ2v) is 5.21. The topological polar surface area (TPSA) is 75.6 Å². The number of halogens is 1. The van der Waals surface area contributed by atoms with E-state index in [1.165, 1.54) is 0 Å². The SMILES string of the molecule is CN1C(=O)C2CCCN2c2c(Cl)cc(N)c(N)c21. The highest BCUT2D eigenvalue weighted by molar-refractivity contribution is 6.35. The summed E-state index contributed by atoms with van der Waals surface area (Å²) in [5.41, 5.74) is 14.1. The minimum atomic E-state index is -0.108. The molecule has 2 aliphatic heterocycles. The van der Waals surface area contributed by atoms with Gasteiger partial charge in [-0.15, -0.1) is 0 Å². The minimum Gasteiger partial charge on any atom is -0.397 e. The van der Waals surface area contributed by atoms with Crippen LogP contribution in [0.25, 0.3) is 0 Å². The third-order valence-corrected chi connectivity index (χ3v) is 4.08. The molecule has 2 heterocycles. The van der Waals surface area contributed by atoms with Crippen LogP contribution in [0.1, 0.15) is 12.8 Å². The molecule has 0 saturated carbocycles. The molecule has 1 aromatic carbocycles. The molecule has 0 spiro atoms. The maximum absolute atomic E-state index is 12.3. The van der Waals surface area contributed by atoms with Crippen LogP contribution in [0, 0.1) is 0 Å². The van der Waals surface area contributed by atoms with Gasteiger partial charge < -0.3 is 21.3 Å². The number of fused-ring (bicyclic) bond motifs is 3. The average Bonchev–Trinajstić information content (AvgIpc) is 2.79. The van der Waals surface area contributed by atoms with Gasteiger partial charge in [-0.1, -0.05) is 11.6 Å². The first kappa shape index (κ1) is 11.5. The maximum Gasteiger partial charge on any atom is 0.249 e. The summed E-state index contributed by atoms with van der Waals surface area (Å²) in [6.07, 6.45) is 1.85. The van der Waals surface area contributed by atoms with Crippen LogP contribution >= 0.6 is 11.6 Å². The number of carbonyl (C=O) groups excluding carboxylic acids is 1. The average molecular weight is 267 g/mol. The van der Waals surface area contributed by atoms with E-state index in [1.807, 2.05) is 0 Å². The fraction of sp³-hybridized carbons (Fsp3) is 0.417. The summed E-state index contributed by atoms with van der Waals surface area (Å²) in [4.78, 5) is 15.9. The van der Waals surface area contributed by atoms with E-state index in [9.17, 15) is 4.79 Å². The van der Waals surface area contributed by atoms with Crippen LogP contribution in [0.4, 0.5) is 22.7 Å². The molecule has 5 nitrogen and oxygen atoms in total. The third-order valence-electron chi connectivity index (χ3n) is 3.79. The van der Waals surface area contributed by atoms with Gasteiger partial charge in [-0.2, -0.15) is 0 Å². The van der Waals surface area contributed by atoms with Crippen LogP contribution in [-0.2, 0) is 4.79 Å². The lowest BCUT2D eigenvalue weighted by atomic mass is 10.1. The van der Waals surface area contributed by atoms with E-state index in [4.69, 9.17) is 23.1 Å². The van der Waals surface area contributed by atoms with Crippen molar-refractivity contribution in [1.82, 2.24) is 0 Å². The number of nitrogens with two attached hydrogens (primary N) is 2. The summed E-state index contributed by atoms with van der Waals surface area (Å²) in [6, 6.07) is 1.55. The van der Waals surface area contributed by atoms with Gasteiger partial charge >= 0.3 is 0 Å². The number of likely N-dealkylation sites (N-methyl/N-ethyl adjacent to an activating group) is 1. The fourth-order valence-corrected chi connectivity index (χ4v) is 3.21. The molecular weight excluding hydrogens is 252 g/mol. The van der Waals surface area contributed by atoms with E-state index in [-0.39, 0.29) is 11.9 Å². The summed E-state index contributed by atoms with van der Waals surface area (Å²) < 4.78 is 0. The van der Waals surface area contributed by atoms with E-state index in [2.05, 4.69) is 4.90 Å². The van der Waals surface area contributed by atoms with Crippen LogP contribution in [-0.4, -0.2) is 25.5 Å². The van der Waals surface area contributed by atoms with Crippen molar-refractivity contribution in [2.24, 2.45) is 0 Å². The van der Waals surface area contributed by atoms with Crippen molar-refractivity contribution in [3.63, 3.8) is 0 Å². The van der Waals surface area contributed by atoms with Gasteiger partial charge in [-0.3, -0.25) is 4.79 Å². The predicted octanol–water partition coefficient (Wildman–Crippen LogP) is 1.45. The lowest BCUT2D eigenvalue weighted by molar-refractivity contribution is -0.119. The van der Waals surface area contributed by atoms with Gasteiger partial charge in [0.2, 0.25) is 5.91 Å². The molecule has 0 aliphatic carbocycles. The highest BCUT2D eigenvalue weighted by atomic mass is 35.5. The minimum absolute atomic E-state index is 0.0633. The first-order chi connectivity index (χ1) is 8.52. The highest BCUT2D eigenvalue weighted by Gasteiger charge is 2.41. The summed E-state index contributed by atoms with van der Waals surface area (Å²) in [6.45, 7) is 0.834. The molecule has 4 N–H and O–H groups in total. The number of anilines is 4. The molecule has 3 rings (SSSR count). The molecule has 0 aromatic heterocycles. The number of nitrogens with zero attached hydrogens (tertiary/aromatic N) is 2. The molecule has 0 radical (unpaired) electrons. The second kappa shape index (κ2) is 3.68. The Labute approximate surface area is 110 Å². The largest absolute Gasteiger partial charge is 0.397 e. The Kier molecular flexibility index (Phi) is 2.35. The van der Waals surface area contributed by atoms with E-state index >= 15 is 0 Å². The normalized spacial score (nSPS) is 22.1. The molecule has 0 bridgehead atoms. The molecule has 18 heavy (non-hydrogen) atoms. The number of carbonyl (C=O) groups is 1. The maximum atomic E-state index is 12.3. The van der Waals surface area contributed by atoms with E-state index < -0.39 is 0 Å². The first-order valence-electron chi connectivity index (χ1n) is 5.94. The summed E-state index contributed by atoms with van der Waals surface area (Å²) in [5, 5.41) is 0.558. The number of rotatable bonds is 0. The first-order valence-corrected chi connectivity index (χ1v) is 6.32. The zero-order valence-corrected chi connectivity index (χ0v) is 10.9. The molecule has 2 aliphatic rings. The molecule has 1 atom stereocenters. The molecule has 1 aromatic rings. The fourth-order valence-electron chi connectivity index (χ4n) is 2.90. The quantitative estimate of drug-likeness (QED) is 0.697. The molecule has 1 fully saturated rings. The van der Waals surface area contributed by atoms with Gasteiger partial charge in [0.05, 0.1) is 27.8 Å². The van der Waals surface area contributed by atoms with Crippen LogP contribution < -0.4 is 21.3 Å². The summed E-state index contributed by atoms with van der Waals surface area (Å²) in [5.74, 6) is 0.0633. The van der Waals surface area contributed by atoms with Crippen molar-refractivity contribution in [3.8, 4) is 0 Å². The zero-order chi connectivity index (χ0) is 13.0. The Morgan fingerprint density at radius 3 is 2.83 bits per heavy atom. The van der Waals surface area contributed by atoms with Crippen molar-refractivity contribution in [3.05, 3.63) is 11.1 Å². The van der Waals surface area contributed by atoms with Crippen molar-refractivity contribution < 1.29 is 4.79 Å². The lowest BCUT2D eigenvalue weighted by Crippen LogP contribution is -2.49. The van der Waals surface area contributed by atoms with Crippen LogP contribution in [0.5, 0.6) is 0 Å². The molecule has 1 amide bonds. The third kappa shape index (κ3) is 1.31. The Bertz CT molecular complexity index is 545. The number of amides is 1. The predicted molar refractivity (Wildman–Crippen MR) is 74.1 cm³/mol. The Hall–Kier alpha value is -1.62. The Morgan fingerprint density at radius 1 is 1.39 bits per heavy atom. The van der Waals surface area contributed by atoms with Crippen LogP contribution in [0.15, 0.2) is 6.07 Å². The van der Waals surface area contributed by atoms with Gasteiger partial charge in [0.1, 0.15) is 6.04 Å².